The lowest BCUT2D eigenvalue weighted by atomic mass is 9.99. The molecule has 1 aromatic rings. The number of nitrogens with zero attached hydrogens (tertiary/aromatic N) is 1. The first-order valence-corrected chi connectivity index (χ1v) is 8.90. The van der Waals surface area contributed by atoms with Crippen molar-refractivity contribution in [2.24, 2.45) is 10.9 Å². The number of aliphatic imine (C=N–C) groups is 1. The van der Waals surface area contributed by atoms with Gasteiger partial charge in [0.15, 0.2) is 5.96 Å². The van der Waals surface area contributed by atoms with Gasteiger partial charge in [0.25, 0.3) is 5.91 Å². The summed E-state index contributed by atoms with van der Waals surface area (Å²) in [4.78, 5) is 15.8. The highest BCUT2D eigenvalue weighted by molar-refractivity contribution is 5.93. The lowest BCUT2D eigenvalue weighted by Gasteiger charge is -2.18. The normalized spacial score (nSPS) is 12.6. The number of carbonyl (C=O) groups excluding carboxylic acids is 1. The molecule has 5 nitrogen and oxygen atoms in total. The van der Waals surface area contributed by atoms with Crippen LogP contribution in [0.25, 0.3) is 0 Å². The molecule has 0 aromatic heterocycles. The van der Waals surface area contributed by atoms with Crippen LogP contribution in [-0.4, -0.2) is 32.5 Å². The number of nitrogens with one attached hydrogen (secondary N) is 3. The second-order valence-electron chi connectivity index (χ2n) is 6.00. The molecule has 0 spiro atoms. The molecule has 0 saturated heterocycles. The van der Waals surface area contributed by atoms with Gasteiger partial charge in [-0.3, -0.25) is 9.79 Å². The van der Waals surface area contributed by atoms with Crippen LogP contribution >= 0.6 is 0 Å². The Balaban J connectivity index is 2.44. The Morgan fingerprint density at radius 2 is 1.88 bits per heavy atom. The fourth-order valence-corrected chi connectivity index (χ4v) is 2.51. The van der Waals surface area contributed by atoms with E-state index >= 15 is 0 Å². The largest absolute Gasteiger partial charge is 0.356 e. The van der Waals surface area contributed by atoms with Gasteiger partial charge in [0.1, 0.15) is 0 Å². The van der Waals surface area contributed by atoms with Gasteiger partial charge in [-0.2, -0.15) is 0 Å². The molecule has 1 atom stereocenters. The van der Waals surface area contributed by atoms with Crippen LogP contribution in [0.2, 0.25) is 0 Å². The molecule has 1 unspecified atom stereocenters. The minimum absolute atomic E-state index is 0.0651. The Labute approximate surface area is 146 Å². The maximum atomic E-state index is 11.5. The highest BCUT2D eigenvalue weighted by Crippen LogP contribution is 2.11. The van der Waals surface area contributed by atoms with Crippen molar-refractivity contribution in [3.05, 3.63) is 35.4 Å². The van der Waals surface area contributed by atoms with Crippen molar-refractivity contribution in [2.75, 3.05) is 20.6 Å². The molecule has 0 bridgehead atoms. The number of hydrogen-bond acceptors (Lipinski definition) is 2. The third-order valence-electron chi connectivity index (χ3n) is 4.23. The molecule has 0 fully saturated rings. The average molecular weight is 332 g/mol. The van der Waals surface area contributed by atoms with Crippen molar-refractivity contribution in [2.45, 2.75) is 46.1 Å². The van der Waals surface area contributed by atoms with E-state index in [1.54, 1.807) is 14.1 Å². The topological polar surface area (TPSA) is 65.5 Å². The summed E-state index contributed by atoms with van der Waals surface area (Å²) >= 11 is 0. The molecule has 1 aromatic carbocycles. The molecule has 3 N–H and O–H groups in total. The molecule has 0 saturated carbocycles. The van der Waals surface area contributed by atoms with Crippen LogP contribution in [-0.2, 0) is 6.54 Å². The summed E-state index contributed by atoms with van der Waals surface area (Å²) in [6, 6.07) is 7.59. The van der Waals surface area contributed by atoms with Crippen LogP contribution in [0.5, 0.6) is 0 Å². The Hall–Kier alpha value is -2.04. The van der Waals surface area contributed by atoms with Crippen molar-refractivity contribution < 1.29 is 4.79 Å². The zero-order valence-corrected chi connectivity index (χ0v) is 15.5. The third kappa shape index (κ3) is 7.02. The van der Waals surface area contributed by atoms with E-state index in [1.807, 2.05) is 24.3 Å². The number of unbranched alkanes of at least 4 members (excludes halogenated alkanes) is 1. The first-order chi connectivity index (χ1) is 11.6. The van der Waals surface area contributed by atoms with Gasteiger partial charge >= 0.3 is 0 Å². The first-order valence-electron chi connectivity index (χ1n) is 8.90. The zero-order valence-electron chi connectivity index (χ0n) is 15.5. The van der Waals surface area contributed by atoms with Gasteiger partial charge in [0.05, 0.1) is 0 Å². The molecule has 1 rings (SSSR count). The van der Waals surface area contributed by atoms with Gasteiger partial charge < -0.3 is 16.0 Å². The summed E-state index contributed by atoms with van der Waals surface area (Å²) < 4.78 is 0. The molecule has 1 amide bonds. The minimum Gasteiger partial charge on any atom is -0.356 e. The number of guanidine groups is 1. The van der Waals surface area contributed by atoms with Crippen molar-refractivity contribution in [1.82, 2.24) is 16.0 Å². The van der Waals surface area contributed by atoms with Gasteiger partial charge in [-0.1, -0.05) is 45.2 Å². The Kier molecular flexibility index (Phi) is 9.58. The summed E-state index contributed by atoms with van der Waals surface area (Å²) in [5, 5.41) is 9.36. The number of hydrogen-bond donors (Lipinski definition) is 3. The van der Waals surface area contributed by atoms with Gasteiger partial charge in [0.2, 0.25) is 0 Å². The third-order valence-corrected chi connectivity index (χ3v) is 4.23. The second-order valence-corrected chi connectivity index (χ2v) is 6.00. The predicted molar refractivity (Wildman–Crippen MR) is 101 cm³/mol. The van der Waals surface area contributed by atoms with E-state index in [9.17, 15) is 4.79 Å². The molecule has 0 radical (unpaired) electrons. The van der Waals surface area contributed by atoms with E-state index in [0.717, 1.165) is 18.1 Å². The van der Waals surface area contributed by atoms with Crippen LogP contribution in [0.15, 0.2) is 29.3 Å². The van der Waals surface area contributed by atoms with E-state index in [0.29, 0.717) is 18.0 Å². The van der Waals surface area contributed by atoms with Crippen LogP contribution in [0, 0.1) is 5.92 Å². The number of benzene rings is 1. The van der Waals surface area contributed by atoms with Gasteiger partial charge in [0, 0.05) is 32.7 Å². The van der Waals surface area contributed by atoms with Gasteiger partial charge in [-0.25, -0.2) is 0 Å². The van der Waals surface area contributed by atoms with E-state index in [2.05, 4.69) is 34.8 Å². The predicted octanol–water partition coefficient (Wildman–Crippen LogP) is 2.93. The SMILES string of the molecule is CCCCC(CC)CNC(=NC)NCc1ccc(C(=O)NC)cc1. The highest BCUT2D eigenvalue weighted by atomic mass is 16.1. The smallest absolute Gasteiger partial charge is 0.251 e. The van der Waals surface area contributed by atoms with Gasteiger partial charge in [-0.05, 0) is 30.0 Å². The maximum Gasteiger partial charge on any atom is 0.251 e. The molecule has 0 aliphatic carbocycles. The summed E-state index contributed by atoms with van der Waals surface area (Å²) in [6.07, 6.45) is 4.97. The Morgan fingerprint density at radius 1 is 1.17 bits per heavy atom. The summed E-state index contributed by atoms with van der Waals surface area (Å²) in [5.74, 6) is 1.44. The first kappa shape index (κ1) is 20.0. The molecular formula is C19H32N4O. The maximum absolute atomic E-state index is 11.5. The molecule has 0 aliphatic heterocycles. The van der Waals surface area contributed by atoms with E-state index in [1.165, 1.54) is 25.7 Å². The van der Waals surface area contributed by atoms with Crippen LogP contribution < -0.4 is 16.0 Å². The Bertz CT molecular complexity index is 511. The molecule has 134 valence electrons. The quantitative estimate of drug-likeness (QED) is 0.481. The molecule has 0 heterocycles. The van der Waals surface area contributed by atoms with Crippen molar-refractivity contribution in [1.29, 1.82) is 0 Å². The minimum atomic E-state index is -0.0651. The lowest BCUT2D eigenvalue weighted by Crippen LogP contribution is -2.39. The average Bonchev–Trinajstić information content (AvgIpc) is 2.63. The van der Waals surface area contributed by atoms with Crippen molar-refractivity contribution in [3.63, 3.8) is 0 Å². The standard InChI is InChI=1S/C19H32N4O/c1-5-7-8-15(6-2)13-22-19(21-4)23-14-16-9-11-17(12-10-16)18(24)20-3/h9-12,15H,5-8,13-14H2,1-4H3,(H,20,24)(H2,21,22,23). The second kappa shape index (κ2) is 11.5. The van der Waals surface area contributed by atoms with E-state index in [-0.39, 0.29) is 5.91 Å². The van der Waals surface area contributed by atoms with Crippen LogP contribution in [0.3, 0.4) is 0 Å². The molecule has 0 aliphatic rings. The fourth-order valence-electron chi connectivity index (χ4n) is 2.51. The number of amides is 1. The summed E-state index contributed by atoms with van der Waals surface area (Å²) in [6.45, 7) is 6.10. The monoisotopic (exact) mass is 332 g/mol. The zero-order chi connectivity index (χ0) is 17.8. The lowest BCUT2D eigenvalue weighted by molar-refractivity contribution is 0.0963. The molecule has 24 heavy (non-hydrogen) atoms. The van der Waals surface area contributed by atoms with Crippen molar-refractivity contribution in [3.8, 4) is 0 Å². The fraction of sp³-hybridized carbons (Fsp3) is 0.579. The molecular weight excluding hydrogens is 300 g/mol. The summed E-state index contributed by atoms with van der Waals surface area (Å²) in [5.41, 5.74) is 1.79. The Morgan fingerprint density at radius 3 is 2.42 bits per heavy atom. The van der Waals surface area contributed by atoms with E-state index in [4.69, 9.17) is 0 Å². The summed E-state index contributed by atoms with van der Waals surface area (Å²) in [7, 11) is 3.43. The van der Waals surface area contributed by atoms with Crippen LogP contribution in [0.4, 0.5) is 0 Å². The highest BCUT2D eigenvalue weighted by Gasteiger charge is 2.07. The van der Waals surface area contributed by atoms with Crippen LogP contribution in [0.1, 0.15) is 55.5 Å². The number of carbonyl (C=O) groups is 1. The molecule has 5 heteroatoms. The van der Waals surface area contributed by atoms with Crippen molar-refractivity contribution >= 4 is 11.9 Å². The van der Waals surface area contributed by atoms with E-state index < -0.39 is 0 Å². The van der Waals surface area contributed by atoms with Gasteiger partial charge in [-0.15, -0.1) is 0 Å². The number of rotatable bonds is 9.